The predicted octanol–water partition coefficient (Wildman–Crippen LogP) is 5.68. The molecule has 7 nitrogen and oxygen atoms in total. The van der Waals surface area contributed by atoms with Crippen LogP contribution in [-0.2, 0) is 17.4 Å². The molecule has 2 aromatic rings. The summed E-state index contributed by atoms with van der Waals surface area (Å²) in [5.41, 5.74) is 3.77. The fraction of sp³-hybridized carbons (Fsp3) is 0.464. The van der Waals surface area contributed by atoms with Crippen LogP contribution in [0.4, 0.5) is 4.79 Å². The summed E-state index contributed by atoms with van der Waals surface area (Å²) in [6.07, 6.45) is -1.02. The lowest BCUT2D eigenvalue weighted by Gasteiger charge is -2.28. The van der Waals surface area contributed by atoms with E-state index >= 15 is 0 Å². The van der Waals surface area contributed by atoms with Gasteiger partial charge in [0, 0.05) is 35.8 Å². The number of fused-ring (bicyclic) bond motifs is 1. The van der Waals surface area contributed by atoms with Gasteiger partial charge in [0.15, 0.2) is 5.78 Å². The van der Waals surface area contributed by atoms with Crippen molar-refractivity contribution in [2.24, 2.45) is 0 Å². The number of carboxylic acid groups (broad SMARTS) is 1. The monoisotopic (exact) mass is 479 g/mol. The van der Waals surface area contributed by atoms with E-state index in [1.54, 1.807) is 24.0 Å². The summed E-state index contributed by atoms with van der Waals surface area (Å²) in [6, 6.07) is 8.84. The van der Waals surface area contributed by atoms with Crippen LogP contribution in [0, 0.1) is 5.41 Å². The number of rotatable bonds is 5. The molecule has 0 saturated carbocycles. The van der Waals surface area contributed by atoms with E-state index in [0.29, 0.717) is 12.1 Å². The third-order valence-electron chi connectivity index (χ3n) is 6.81. The van der Waals surface area contributed by atoms with Crippen molar-refractivity contribution in [1.82, 2.24) is 9.80 Å². The Hall–Kier alpha value is -3.35. The molecule has 1 aliphatic heterocycles. The fourth-order valence-corrected chi connectivity index (χ4v) is 4.40. The second-order valence-corrected chi connectivity index (χ2v) is 11.5. The Morgan fingerprint density at radius 1 is 1.06 bits per heavy atom. The molecule has 1 unspecified atom stereocenters. The third kappa shape index (κ3) is 5.19. The number of carbonyl (C=O) groups is 2. The fourth-order valence-electron chi connectivity index (χ4n) is 4.40. The minimum Gasteiger partial charge on any atom is -0.507 e. The quantitative estimate of drug-likeness (QED) is 0.479. The highest BCUT2D eigenvalue weighted by molar-refractivity contribution is 6.05. The van der Waals surface area contributed by atoms with Crippen molar-refractivity contribution in [3.05, 3.63) is 63.7 Å². The SMILES string of the molecule is CC(c1ccc2c(c1)C(=N)N(CC(=O)c1cc(C(C)(C)C)c(O)c(C(C)(C)C)c1)C2)N(C)C(=O)O. The average molecular weight is 480 g/mol. The highest BCUT2D eigenvalue weighted by Crippen LogP contribution is 2.40. The molecule has 3 rings (SSSR count). The van der Waals surface area contributed by atoms with Gasteiger partial charge >= 0.3 is 6.09 Å². The molecule has 1 atom stereocenters. The number of hydrogen-bond acceptors (Lipinski definition) is 4. The van der Waals surface area contributed by atoms with Gasteiger partial charge in [-0.15, -0.1) is 0 Å². The Labute approximate surface area is 207 Å². The number of Topliss-reactive ketones (excluding diaryl/α,β-unsaturated/α-hetero) is 1. The Kier molecular flexibility index (Phi) is 6.77. The maximum atomic E-state index is 13.4. The van der Waals surface area contributed by atoms with E-state index in [1.807, 2.05) is 59.7 Å². The van der Waals surface area contributed by atoms with E-state index in [9.17, 15) is 19.8 Å². The van der Waals surface area contributed by atoms with Crippen molar-refractivity contribution in [2.45, 2.75) is 71.9 Å². The van der Waals surface area contributed by atoms with Crippen molar-refractivity contribution in [1.29, 1.82) is 5.41 Å². The molecule has 2 aromatic carbocycles. The van der Waals surface area contributed by atoms with Crippen LogP contribution in [-0.4, -0.2) is 51.3 Å². The second kappa shape index (κ2) is 9.02. The summed E-state index contributed by atoms with van der Waals surface area (Å²) >= 11 is 0. The third-order valence-corrected chi connectivity index (χ3v) is 6.81. The first-order valence-corrected chi connectivity index (χ1v) is 11.9. The standard InChI is InChI=1S/C28H37N3O4/c1-16(30(8)26(34)35)17-9-10-18-14-31(25(29)20(18)11-17)15-23(32)19-12-21(27(2,3)4)24(33)22(13-19)28(5,6)7/h9-13,16,29,33H,14-15H2,1-8H3,(H,34,35). The molecule has 0 saturated heterocycles. The normalized spacial score (nSPS) is 14.6. The molecule has 0 aromatic heterocycles. The Morgan fingerprint density at radius 3 is 2.09 bits per heavy atom. The number of phenolic OH excluding ortho intramolecular Hbond substituents is 1. The first-order chi connectivity index (χ1) is 16.0. The van der Waals surface area contributed by atoms with Gasteiger partial charge in [-0.25, -0.2) is 4.79 Å². The van der Waals surface area contributed by atoms with E-state index in [0.717, 1.165) is 27.8 Å². The molecular weight excluding hydrogens is 442 g/mol. The number of nitrogens with zero attached hydrogens (tertiary/aromatic N) is 2. The summed E-state index contributed by atoms with van der Waals surface area (Å²) in [6.45, 7) is 14.4. The predicted molar refractivity (Wildman–Crippen MR) is 138 cm³/mol. The first-order valence-electron chi connectivity index (χ1n) is 11.9. The molecule has 0 spiro atoms. The first kappa shape index (κ1) is 26.3. The van der Waals surface area contributed by atoms with E-state index in [-0.39, 0.29) is 40.8 Å². The zero-order valence-corrected chi connectivity index (χ0v) is 22.0. The number of carbonyl (C=O) groups excluding carboxylic acids is 1. The van der Waals surface area contributed by atoms with E-state index in [1.165, 1.54) is 11.9 Å². The highest BCUT2D eigenvalue weighted by atomic mass is 16.4. The van der Waals surface area contributed by atoms with Crippen LogP contribution < -0.4 is 0 Å². The molecule has 0 bridgehead atoms. The summed E-state index contributed by atoms with van der Waals surface area (Å²) in [4.78, 5) is 27.7. The zero-order valence-electron chi connectivity index (χ0n) is 22.0. The Bertz CT molecular complexity index is 1150. The molecule has 1 aliphatic rings. The average Bonchev–Trinajstić information content (AvgIpc) is 3.05. The number of nitrogens with one attached hydrogen (secondary N) is 1. The minimum absolute atomic E-state index is 0.0470. The maximum absolute atomic E-state index is 13.4. The smallest absolute Gasteiger partial charge is 0.407 e. The van der Waals surface area contributed by atoms with Gasteiger partial charge in [0.05, 0.1) is 12.6 Å². The molecule has 0 radical (unpaired) electrons. The van der Waals surface area contributed by atoms with Gasteiger partial charge in [0.2, 0.25) is 0 Å². The molecule has 35 heavy (non-hydrogen) atoms. The van der Waals surface area contributed by atoms with Gasteiger partial charge in [0.25, 0.3) is 0 Å². The largest absolute Gasteiger partial charge is 0.507 e. The molecular formula is C28H37N3O4. The lowest BCUT2D eigenvalue weighted by atomic mass is 9.78. The van der Waals surface area contributed by atoms with Crippen molar-refractivity contribution in [2.75, 3.05) is 13.6 Å². The van der Waals surface area contributed by atoms with Crippen LogP contribution in [0.3, 0.4) is 0 Å². The van der Waals surface area contributed by atoms with Crippen LogP contribution in [0.1, 0.15) is 92.7 Å². The van der Waals surface area contributed by atoms with Gasteiger partial charge in [-0.1, -0.05) is 53.7 Å². The zero-order chi connectivity index (χ0) is 26.5. The number of amides is 1. The van der Waals surface area contributed by atoms with E-state index in [4.69, 9.17) is 5.41 Å². The maximum Gasteiger partial charge on any atom is 0.407 e. The number of ketones is 1. The molecule has 188 valence electrons. The van der Waals surface area contributed by atoms with Crippen LogP contribution in [0.25, 0.3) is 0 Å². The van der Waals surface area contributed by atoms with Gasteiger partial charge < -0.3 is 20.0 Å². The number of aromatic hydroxyl groups is 1. The lowest BCUT2D eigenvalue weighted by Crippen LogP contribution is -2.31. The lowest BCUT2D eigenvalue weighted by molar-refractivity contribution is 0.0962. The number of hydrogen-bond donors (Lipinski definition) is 3. The van der Waals surface area contributed by atoms with Crippen molar-refractivity contribution in [3.8, 4) is 5.75 Å². The summed E-state index contributed by atoms with van der Waals surface area (Å²) in [5, 5.41) is 28.9. The number of phenols is 1. The van der Waals surface area contributed by atoms with Gasteiger partial charge in [-0.3, -0.25) is 10.2 Å². The van der Waals surface area contributed by atoms with E-state index in [2.05, 4.69) is 0 Å². The molecule has 7 heteroatoms. The van der Waals surface area contributed by atoms with Gasteiger partial charge in [-0.2, -0.15) is 0 Å². The second-order valence-electron chi connectivity index (χ2n) is 11.5. The molecule has 1 amide bonds. The Morgan fingerprint density at radius 2 is 1.60 bits per heavy atom. The summed E-state index contributed by atoms with van der Waals surface area (Å²) in [7, 11) is 1.52. The van der Waals surface area contributed by atoms with Crippen molar-refractivity contribution >= 4 is 17.7 Å². The summed E-state index contributed by atoms with van der Waals surface area (Å²) in [5.74, 6) is 0.375. The molecule has 0 fully saturated rings. The topological polar surface area (TPSA) is 105 Å². The van der Waals surface area contributed by atoms with Gasteiger partial charge in [-0.05, 0) is 47.1 Å². The minimum atomic E-state index is -1.02. The molecule has 1 heterocycles. The highest BCUT2D eigenvalue weighted by Gasteiger charge is 2.31. The summed E-state index contributed by atoms with van der Waals surface area (Å²) < 4.78 is 0. The number of amidine groups is 1. The van der Waals surface area contributed by atoms with Crippen LogP contribution >= 0.6 is 0 Å². The molecule has 3 N–H and O–H groups in total. The van der Waals surface area contributed by atoms with Gasteiger partial charge in [0.1, 0.15) is 11.6 Å². The van der Waals surface area contributed by atoms with Crippen LogP contribution in [0.5, 0.6) is 5.75 Å². The van der Waals surface area contributed by atoms with Crippen LogP contribution in [0.2, 0.25) is 0 Å². The van der Waals surface area contributed by atoms with Crippen LogP contribution in [0.15, 0.2) is 30.3 Å². The Balaban J connectivity index is 1.89. The molecule has 0 aliphatic carbocycles. The van der Waals surface area contributed by atoms with E-state index < -0.39 is 6.09 Å². The van der Waals surface area contributed by atoms with Crippen molar-refractivity contribution < 1.29 is 19.8 Å². The number of benzene rings is 2. The van der Waals surface area contributed by atoms with Crippen molar-refractivity contribution in [3.63, 3.8) is 0 Å².